The average molecular weight is 261 g/mol. The molecule has 2 bridgehead atoms. The predicted molar refractivity (Wildman–Crippen MR) is 75.8 cm³/mol. The van der Waals surface area contributed by atoms with E-state index in [1.807, 2.05) is 12.1 Å². The van der Waals surface area contributed by atoms with Gasteiger partial charge in [0.05, 0.1) is 14.2 Å². The van der Waals surface area contributed by atoms with Gasteiger partial charge in [0.25, 0.3) is 0 Å². The molecule has 3 heteroatoms. The molecule has 0 spiro atoms. The van der Waals surface area contributed by atoms with Gasteiger partial charge in [0.15, 0.2) is 0 Å². The number of fused-ring (bicyclic) bond motifs is 3. The van der Waals surface area contributed by atoms with Crippen molar-refractivity contribution in [2.75, 3.05) is 14.2 Å². The van der Waals surface area contributed by atoms with Gasteiger partial charge in [0.2, 0.25) is 0 Å². The summed E-state index contributed by atoms with van der Waals surface area (Å²) in [7, 11) is 3.47. The summed E-state index contributed by atoms with van der Waals surface area (Å²) in [6.07, 6.45) is 6.92. The molecule has 0 radical (unpaired) electrons. The van der Waals surface area contributed by atoms with Crippen LogP contribution in [0.25, 0.3) is 0 Å². The van der Waals surface area contributed by atoms with Crippen LogP contribution in [-0.4, -0.2) is 19.8 Å². The fourth-order valence-electron chi connectivity index (χ4n) is 3.85. The van der Waals surface area contributed by atoms with Crippen LogP contribution in [0.4, 0.5) is 0 Å². The van der Waals surface area contributed by atoms with E-state index >= 15 is 0 Å². The molecule has 1 aromatic rings. The van der Waals surface area contributed by atoms with Gasteiger partial charge < -0.3 is 15.2 Å². The van der Waals surface area contributed by atoms with Gasteiger partial charge in [-0.25, -0.2) is 0 Å². The van der Waals surface area contributed by atoms with Gasteiger partial charge in [0, 0.05) is 11.1 Å². The minimum Gasteiger partial charge on any atom is -0.497 e. The van der Waals surface area contributed by atoms with Crippen molar-refractivity contribution in [3.63, 3.8) is 0 Å². The highest BCUT2D eigenvalue weighted by Crippen LogP contribution is 2.54. The topological polar surface area (TPSA) is 44.5 Å². The maximum absolute atomic E-state index is 6.40. The quantitative estimate of drug-likeness (QED) is 0.909. The Bertz CT molecular complexity index is 459. The molecule has 0 heterocycles. The maximum Gasteiger partial charge on any atom is 0.122 e. The first kappa shape index (κ1) is 12.8. The van der Waals surface area contributed by atoms with E-state index in [0.717, 1.165) is 30.8 Å². The first-order chi connectivity index (χ1) is 9.11. The van der Waals surface area contributed by atoms with Crippen molar-refractivity contribution in [2.45, 2.75) is 49.5 Å². The van der Waals surface area contributed by atoms with Crippen molar-refractivity contribution in [1.82, 2.24) is 0 Å². The van der Waals surface area contributed by atoms with Crippen LogP contribution in [-0.2, 0) is 5.41 Å². The van der Waals surface area contributed by atoms with Crippen molar-refractivity contribution >= 4 is 0 Å². The third-order valence-corrected chi connectivity index (χ3v) is 5.28. The van der Waals surface area contributed by atoms with Gasteiger partial charge in [-0.05, 0) is 62.1 Å². The lowest BCUT2D eigenvalue weighted by Crippen LogP contribution is -2.53. The molecule has 3 aliphatic rings. The van der Waals surface area contributed by atoms with Gasteiger partial charge in [-0.2, -0.15) is 0 Å². The number of benzene rings is 1. The van der Waals surface area contributed by atoms with Gasteiger partial charge in [-0.15, -0.1) is 0 Å². The Hall–Kier alpha value is -1.22. The van der Waals surface area contributed by atoms with Crippen LogP contribution >= 0.6 is 0 Å². The third-order valence-electron chi connectivity index (χ3n) is 5.28. The zero-order valence-electron chi connectivity index (χ0n) is 11.9. The average Bonchev–Trinajstić information content (AvgIpc) is 2.48. The highest BCUT2D eigenvalue weighted by atomic mass is 16.5. The van der Waals surface area contributed by atoms with E-state index < -0.39 is 0 Å². The minimum atomic E-state index is 0.105. The molecule has 3 nitrogen and oxygen atoms in total. The zero-order chi connectivity index (χ0) is 13.5. The molecule has 19 heavy (non-hydrogen) atoms. The number of ether oxygens (including phenoxy) is 2. The Morgan fingerprint density at radius 2 is 1.58 bits per heavy atom. The number of nitrogens with two attached hydrogens (primary N) is 1. The van der Waals surface area contributed by atoms with Crippen LogP contribution in [0, 0.1) is 0 Å². The summed E-state index contributed by atoms with van der Waals surface area (Å²) in [5.74, 6) is 1.91. The van der Waals surface area contributed by atoms with Crippen molar-refractivity contribution in [3.8, 4) is 11.5 Å². The zero-order valence-corrected chi connectivity index (χ0v) is 11.9. The lowest BCUT2D eigenvalue weighted by Gasteiger charge is -2.52. The molecule has 0 unspecified atom stereocenters. The second-order valence-electron chi connectivity index (χ2n) is 6.21. The van der Waals surface area contributed by atoms with Crippen LogP contribution in [0.15, 0.2) is 18.2 Å². The Balaban J connectivity index is 2.01. The highest BCUT2D eigenvalue weighted by molar-refractivity contribution is 5.46. The summed E-state index contributed by atoms with van der Waals surface area (Å²) in [5, 5.41) is 0. The van der Waals surface area contributed by atoms with Crippen LogP contribution in [0.3, 0.4) is 0 Å². The van der Waals surface area contributed by atoms with E-state index in [1.165, 1.54) is 24.8 Å². The van der Waals surface area contributed by atoms with E-state index in [-0.39, 0.29) is 11.0 Å². The molecule has 0 atom stereocenters. The largest absolute Gasteiger partial charge is 0.497 e. The molecule has 1 aromatic carbocycles. The smallest absolute Gasteiger partial charge is 0.122 e. The molecule has 0 aromatic heterocycles. The fraction of sp³-hybridized carbons (Fsp3) is 0.625. The molecule has 4 rings (SSSR count). The second-order valence-corrected chi connectivity index (χ2v) is 6.21. The molecule has 0 amide bonds. The van der Waals surface area contributed by atoms with Crippen LogP contribution in [0.5, 0.6) is 11.5 Å². The van der Waals surface area contributed by atoms with Crippen LogP contribution in [0.2, 0.25) is 0 Å². The number of rotatable bonds is 3. The van der Waals surface area contributed by atoms with E-state index in [1.54, 1.807) is 14.2 Å². The highest BCUT2D eigenvalue weighted by Gasteiger charge is 2.48. The first-order valence-electron chi connectivity index (χ1n) is 7.12. The lowest BCUT2D eigenvalue weighted by molar-refractivity contribution is 0.105. The fourth-order valence-corrected chi connectivity index (χ4v) is 3.85. The second kappa shape index (κ2) is 4.41. The van der Waals surface area contributed by atoms with Gasteiger partial charge in [0.1, 0.15) is 11.5 Å². The molecule has 0 saturated heterocycles. The van der Waals surface area contributed by atoms with E-state index in [0.29, 0.717) is 0 Å². The monoisotopic (exact) mass is 261 g/mol. The van der Waals surface area contributed by atoms with Crippen molar-refractivity contribution in [2.24, 2.45) is 5.73 Å². The van der Waals surface area contributed by atoms with Crippen LogP contribution < -0.4 is 15.2 Å². The Labute approximate surface area is 115 Å². The summed E-state index contributed by atoms with van der Waals surface area (Å²) in [4.78, 5) is 0. The predicted octanol–water partition coefficient (Wildman–Crippen LogP) is 3.01. The van der Waals surface area contributed by atoms with Gasteiger partial charge in [-0.3, -0.25) is 0 Å². The molecule has 2 N–H and O–H groups in total. The van der Waals surface area contributed by atoms with Crippen molar-refractivity contribution < 1.29 is 9.47 Å². The molecule has 0 aliphatic heterocycles. The normalized spacial score (nSPS) is 33.2. The third kappa shape index (κ3) is 2.00. The van der Waals surface area contributed by atoms with Crippen LogP contribution in [0.1, 0.15) is 44.1 Å². The summed E-state index contributed by atoms with van der Waals surface area (Å²) in [6.45, 7) is 0. The van der Waals surface area contributed by atoms with Crippen molar-refractivity contribution in [3.05, 3.63) is 23.8 Å². The van der Waals surface area contributed by atoms with Crippen molar-refractivity contribution in [1.29, 1.82) is 0 Å². The Morgan fingerprint density at radius 1 is 0.947 bits per heavy atom. The summed E-state index contributed by atoms with van der Waals surface area (Å²) >= 11 is 0. The molecular weight excluding hydrogens is 238 g/mol. The van der Waals surface area contributed by atoms with Gasteiger partial charge in [-0.1, -0.05) is 0 Å². The standard InChI is InChI=1S/C16H23NO2/c1-18-12-3-4-14(19-2)13(11-12)15-5-8-16(17,9-6-15)10-7-15/h3-4,11H,5-10,17H2,1-2H3. The Morgan fingerprint density at radius 3 is 2.11 bits per heavy atom. The molecule has 104 valence electrons. The van der Waals surface area contributed by atoms with E-state index in [9.17, 15) is 0 Å². The number of methoxy groups -OCH3 is 2. The van der Waals surface area contributed by atoms with E-state index in [4.69, 9.17) is 15.2 Å². The first-order valence-corrected chi connectivity index (χ1v) is 7.12. The summed E-state index contributed by atoms with van der Waals surface area (Å²) in [6, 6.07) is 6.16. The Kier molecular flexibility index (Phi) is 2.97. The summed E-state index contributed by atoms with van der Waals surface area (Å²) < 4.78 is 11.0. The number of hydrogen-bond acceptors (Lipinski definition) is 3. The van der Waals surface area contributed by atoms with E-state index in [2.05, 4.69) is 6.07 Å². The molecule has 3 saturated carbocycles. The number of hydrogen-bond donors (Lipinski definition) is 1. The maximum atomic E-state index is 6.40. The molecule has 3 fully saturated rings. The lowest BCUT2D eigenvalue weighted by atomic mass is 9.55. The molecule has 3 aliphatic carbocycles. The summed E-state index contributed by atoms with van der Waals surface area (Å²) in [5.41, 5.74) is 8.08. The minimum absolute atomic E-state index is 0.105. The molecular formula is C16H23NO2. The SMILES string of the molecule is COc1ccc(OC)c(C23CCC(N)(CC2)CC3)c1. The van der Waals surface area contributed by atoms with Gasteiger partial charge >= 0.3 is 0 Å².